The van der Waals surface area contributed by atoms with Crippen LogP contribution in [0.3, 0.4) is 0 Å². The molecule has 0 saturated carbocycles. The topological polar surface area (TPSA) is 50.4 Å². The van der Waals surface area contributed by atoms with Gasteiger partial charge in [0, 0.05) is 29.7 Å². The van der Waals surface area contributed by atoms with Crippen molar-refractivity contribution in [1.82, 2.24) is 10.6 Å². The Morgan fingerprint density at radius 2 is 1.75 bits per heavy atom. The number of carbonyl (C=O) groups excluding carboxylic acids is 1. The highest BCUT2D eigenvalue weighted by Crippen LogP contribution is 2.18. The Morgan fingerprint density at radius 3 is 2.30 bits per heavy atom. The van der Waals surface area contributed by atoms with Crippen LogP contribution in [0.15, 0.2) is 18.2 Å². The lowest BCUT2D eigenvalue weighted by atomic mass is 10.2. The van der Waals surface area contributed by atoms with Crippen molar-refractivity contribution in [3.8, 4) is 0 Å². The van der Waals surface area contributed by atoms with Crippen molar-refractivity contribution in [1.29, 1.82) is 0 Å². The third-order valence-corrected chi connectivity index (χ3v) is 2.66. The number of carbonyl (C=O) groups is 1. The number of hydrogen-bond donors (Lipinski definition) is 2. The van der Waals surface area contributed by atoms with Gasteiger partial charge in [-0.2, -0.15) is 0 Å². The number of alkyl carbamates (subject to hydrolysis) is 1. The number of halogens is 2. The molecule has 4 nitrogen and oxygen atoms in total. The van der Waals surface area contributed by atoms with E-state index >= 15 is 0 Å². The van der Waals surface area contributed by atoms with E-state index in [1.165, 1.54) is 0 Å². The molecular weight excluding hydrogens is 299 g/mol. The molecule has 0 aliphatic carbocycles. The minimum Gasteiger partial charge on any atom is -0.444 e. The van der Waals surface area contributed by atoms with Gasteiger partial charge in [0.1, 0.15) is 5.60 Å². The van der Waals surface area contributed by atoms with Crippen LogP contribution in [0.2, 0.25) is 10.0 Å². The normalized spacial score (nSPS) is 11.2. The summed E-state index contributed by atoms with van der Waals surface area (Å²) < 4.78 is 5.12. The SMILES string of the molecule is CC(C)(C)OC(=O)NCCNCc1cc(Cl)cc(Cl)c1. The number of amides is 1. The second-order valence-electron chi connectivity index (χ2n) is 5.38. The number of rotatable bonds is 5. The lowest BCUT2D eigenvalue weighted by Crippen LogP contribution is -2.36. The first-order chi connectivity index (χ1) is 9.26. The van der Waals surface area contributed by atoms with Gasteiger partial charge in [0.2, 0.25) is 0 Å². The summed E-state index contributed by atoms with van der Waals surface area (Å²) in [6.07, 6.45) is -0.412. The molecule has 20 heavy (non-hydrogen) atoms. The Bertz CT molecular complexity index is 439. The molecule has 0 fully saturated rings. The van der Waals surface area contributed by atoms with Gasteiger partial charge >= 0.3 is 6.09 Å². The summed E-state index contributed by atoms with van der Waals surface area (Å²) in [4.78, 5) is 11.4. The molecule has 0 atom stereocenters. The smallest absolute Gasteiger partial charge is 0.407 e. The van der Waals surface area contributed by atoms with Crippen molar-refractivity contribution in [3.63, 3.8) is 0 Å². The van der Waals surface area contributed by atoms with Crippen molar-refractivity contribution < 1.29 is 9.53 Å². The molecule has 0 aliphatic heterocycles. The van der Waals surface area contributed by atoms with Gasteiger partial charge in [0.25, 0.3) is 0 Å². The summed E-state index contributed by atoms with van der Waals surface area (Å²) in [6, 6.07) is 5.39. The van der Waals surface area contributed by atoms with Gasteiger partial charge in [-0.05, 0) is 44.5 Å². The van der Waals surface area contributed by atoms with E-state index in [0.717, 1.165) is 5.56 Å². The molecule has 1 aromatic rings. The molecular formula is C14H20Cl2N2O2. The van der Waals surface area contributed by atoms with Crippen molar-refractivity contribution in [2.24, 2.45) is 0 Å². The van der Waals surface area contributed by atoms with Crippen LogP contribution in [0.25, 0.3) is 0 Å². The van der Waals surface area contributed by atoms with Crippen LogP contribution in [0, 0.1) is 0 Å². The third kappa shape index (κ3) is 7.58. The van der Waals surface area contributed by atoms with Gasteiger partial charge in [-0.25, -0.2) is 4.79 Å². The van der Waals surface area contributed by atoms with Gasteiger partial charge in [0.15, 0.2) is 0 Å². The molecule has 0 heterocycles. The van der Waals surface area contributed by atoms with E-state index in [-0.39, 0.29) is 0 Å². The molecule has 0 bridgehead atoms. The Balaban J connectivity index is 2.20. The minimum atomic E-state index is -0.477. The van der Waals surface area contributed by atoms with E-state index < -0.39 is 11.7 Å². The van der Waals surface area contributed by atoms with Crippen LogP contribution in [0.5, 0.6) is 0 Å². The number of nitrogens with one attached hydrogen (secondary N) is 2. The highest BCUT2D eigenvalue weighted by Gasteiger charge is 2.15. The van der Waals surface area contributed by atoms with Crippen molar-refractivity contribution >= 4 is 29.3 Å². The fourth-order valence-electron chi connectivity index (χ4n) is 1.51. The zero-order valence-electron chi connectivity index (χ0n) is 11.9. The zero-order valence-corrected chi connectivity index (χ0v) is 13.4. The van der Waals surface area contributed by atoms with Crippen molar-refractivity contribution in [2.75, 3.05) is 13.1 Å². The first-order valence-electron chi connectivity index (χ1n) is 6.39. The first kappa shape index (κ1) is 17.1. The Labute approximate surface area is 129 Å². The molecule has 0 unspecified atom stereocenters. The average Bonchev–Trinajstić information content (AvgIpc) is 2.24. The molecule has 1 aromatic carbocycles. The predicted octanol–water partition coefficient (Wildman–Crippen LogP) is 3.61. The molecule has 1 rings (SSSR count). The molecule has 0 spiro atoms. The van der Waals surface area contributed by atoms with Crippen LogP contribution in [-0.4, -0.2) is 24.8 Å². The lowest BCUT2D eigenvalue weighted by molar-refractivity contribution is 0.0528. The zero-order chi connectivity index (χ0) is 15.2. The molecule has 6 heteroatoms. The van der Waals surface area contributed by atoms with Crippen LogP contribution >= 0.6 is 23.2 Å². The van der Waals surface area contributed by atoms with E-state index in [1.807, 2.05) is 32.9 Å². The fourth-order valence-corrected chi connectivity index (χ4v) is 2.08. The second kappa shape index (κ2) is 7.72. The van der Waals surface area contributed by atoms with Crippen molar-refractivity contribution in [3.05, 3.63) is 33.8 Å². The third-order valence-electron chi connectivity index (χ3n) is 2.22. The predicted molar refractivity (Wildman–Crippen MR) is 82.4 cm³/mol. The lowest BCUT2D eigenvalue weighted by Gasteiger charge is -2.19. The van der Waals surface area contributed by atoms with Crippen LogP contribution in [0.4, 0.5) is 4.79 Å². The van der Waals surface area contributed by atoms with E-state index in [2.05, 4.69) is 10.6 Å². The summed E-state index contributed by atoms with van der Waals surface area (Å²) in [5, 5.41) is 7.08. The maximum Gasteiger partial charge on any atom is 0.407 e. The van der Waals surface area contributed by atoms with E-state index in [9.17, 15) is 4.79 Å². The standard InChI is InChI=1S/C14H20Cl2N2O2/c1-14(2,3)20-13(19)18-5-4-17-9-10-6-11(15)8-12(16)7-10/h6-8,17H,4-5,9H2,1-3H3,(H,18,19). The van der Waals surface area contributed by atoms with Crippen molar-refractivity contribution in [2.45, 2.75) is 32.9 Å². The van der Waals surface area contributed by atoms with Gasteiger partial charge in [-0.3, -0.25) is 0 Å². The monoisotopic (exact) mass is 318 g/mol. The summed E-state index contributed by atoms with van der Waals surface area (Å²) in [5.74, 6) is 0. The molecule has 0 aliphatic rings. The minimum absolute atomic E-state index is 0.412. The fraction of sp³-hybridized carbons (Fsp3) is 0.500. The Hall–Kier alpha value is -0.970. The molecule has 112 valence electrons. The molecule has 2 N–H and O–H groups in total. The van der Waals surface area contributed by atoms with Gasteiger partial charge < -0.3 is 15.4 Å². The highest BCUT2D eigenvalue weighted by atomic mass is 35.5. The largest absolute Gasteiger partial charge is 0.444 e. The van der Waals surface area contributed by atoms with Crippen LogP contribution < -0.4 is 10.6 Å². The number of benzene rings is 1. The highest BCUT2D eigenvalue weighted by molar-refractivity contribution is 6.34. The molecule has 0 aromatic heterocycles. The van der Waals surface area contributed by atoms with Gasteiger partial charge in [-0.15, -0.1) is 0 Å². The second-order valence-corrected chi connectivity index (χ2v) is 6.26. The Morgan fingerprint density at radius 1 is 1.15 bits per heavy atom. The van der Waals surface area contributed by atoms with Crippen LogP contribution in [-0.2, 0) is 11.3 Å². The molecule has 0 saturated heterocycles. The van der Waals surface area contributed by atoms with E-state index in [4.69, 9.17) is 27.9 Å². The maximum absolute atomic E-state index is 11.4. The van der Waals surface area contributed by atoms with Crippen LogP contribution in [0.1, 0.15) is 26.3 Å². The molecule has 1 amide bonds. The number of hydrogen-bond acceptors (Lipinski definition) is 3. The number of ether oxygens (including phenoxy) is 1. The maximum atomic E-state index is 11.4. The summed E-state index contributed by atoms with van der Waals surface area (Å²) >= 11 is 11.8. The summed E-state index contributed by atoms with van der Waals surface area (Å²) in [5.41, 5.74) is 0.523. The van der Waals surface area contributed by atoms with Gasteiger partial charge in [-0.1, -0.05) is 23.2 Å². The van der Waals surface area contributed by atoms with E-state index in [0.29, 0.717) is 29.7 Å². The summed E-state index contributed by atoms with van der Waals surface area (Å²) in [6.45, 7) is 7.23. The summed E-state index contributed by atoms with van der Waals surface area (Å²) in [7, 11) is 0. The molecule has 0 radical (unpaired) electrons. The Kier molecular flexibility index (Phi) is 6.59. The average molecular weight is 319 g/mol. The quantitative estimate of drug-likeness (QED) is 0.815. The first-order valence-corrected chi connectivity index (χ1v) is 7.14. The van der Waals surface area contributed by atoms with Gasteiger partial charge in [0.05, 0.1) is 0 Å². The van der Waals surface area contributed by atoms with E-state index in [1.54, 1.807) is 6.07 Å².